The monoisotopic (exact) mass is 505 g/mol. The second-order valence-electron chi connectivity index (χ2n) is 9.22. The van der Waals surface area contributed by atoms with Gasteiger partial charge >= 0.3 is 0 Å². The van der Waals surface area contributed by atoms with Crippen molar-refractivity contribution in [2.45, 2.75) is 40.0 Å². The van der Waals surface area contributed by atoms with Crippen molar-refractivity contribution in [1.82, 2.24) is 4.98 Å². The summed E-state index contributed by atoms with van der Waals surface area (Å²) in [7, 11) is 0. The molecule has 1 amide bonds. The zero-order valence-electron chi connectivity index (χ0n) is 21.3. The summed E-state index contributed by atoms with van der Waals surface area (Å²) in [5.41, 5.74) is 5.35. The first-order chi connectivity index (χ1) is 17.9. The van der Waals surface area contributed by atoms with E-state index in [1.54, 1.807) is 6.07 Å². The number of carbonyl (C=O) groups is 1. The Hall–Kier alpha value is -4.21. The average Bonchev–Trinajstić information content (AvgIpc) is 3.49. The number of benzene rings is 2. The summed E-state index contributed by atoms with van der Waals surface area (Å²) in [6, 6.07) is 23.7. The number of para-hydroxylation sites is 1. The van der Waals surface area contributed by atoms with E-state index >= 15 is 0 Å². The van der Waals surface area contributed by atoms with Gasteiger partial charge in [0.1, 0.15) is 22.5 Å². The molecule has 0 radical (unpaired) electrons. The molecule has 0 aliphatic heterocycles. The highest BCUT2D eigenvalue weighted by atomic mass is 32.1. The van der Waals surface area contributed by atoms with Crippen LogP contribution in [0.3, 0.4) is 0 Å². The molecule has 0 saturated heterocycles. The smallest absolute Gasteiger partial charge is 0.257 e. The Morgan fingerprint density at radius 3 is 2.54 bits per heavy atom. The van der Waals surface area contributed by atoms with Gasteiger partial charge in [0.05, 0.1) is 16.6 Å². The van der Waals surface area contributed by atoms with Gasteiger partial charge in [0.2, 0.25) is 0 Å². The van der Waals surface area contributed by atoms with Crippen LogP contribution in [0, 0.1) is 25.2 Å². The van der Waals surface area contributed by atoms with Crippen molar-refractivity contribution >= 4 is 33.1 Å². The third-order valence-corrected chi connectivity index (χ3v) is 7.78. The predicted octanol–water partition coefficient (Wildman–Crippen LogP) is 8.48. The number of aromatic nitrogens is 1. The zero-order valence-corrected chi connectivity index (χ0v) is 22.1. The van der Waals surface area contributed by atoms with Crippen LogP contribution in [0.4, 0.5) is 5.00 Å². The van der Waals surface area contributed by atoms with Crippen molar-refractivity contribution in [3.8, 4) is 28.7 Å². The van der Waals surface area contributed by atoms with Gasteiger partial charge < -0.3 is 9.73 Å². The first kappa shape index (κ1) is 24.5. The number of amides is 1. The molecule has 3 heterocycles. The summed E-state index contributed by atoms with van der Waals surface area (Å²) in [5, 5.41) is 14.4. The molecule has 0 unspecified atom stereocenters. The van der Waals surface area contributed by atoms with Crippen molar-refractivity contribution in [3.63, 3.8) is 0 Å². The lowest BCUT2D eigenvalue weighted by atomic mass is 9.95. The summed E-state index contributed by atoms with van der Waals surface area (Å²) < 4.78 is 5.77. The number of anilines is 1. The number of fused-ring (bicyclic) bond motifs is 1. The van der Waals surface area contributed by atoms with Crippen LogP contribution in [0.15, 0.2) is 71.1 Å². The molecule has 2 aromatic carbocycles. The van der Waals surface area contributed by atoms with E-state index in [9.17, 15) is 10.1 Å². The maximum atomic E-state index is 13.6. The van der Waals surface area contributed by atoms with Gasteiger partial charge in [-0.25, -0.2) is 4.98 Å². The molecule has 1 N–H and O–H groups in total. The molecule has 6 heteroatoms. The molecule has 0 saturated carbocycles. The number of nitrogens with one attached hydrogen (secondary N) is 1. The maximum Gasteiger partial charge on any atom is 0.257 e. The molecule has 5 aromatic rings. The van der Waals surface area contributed by atoms with E-state index in [1.165, 1.54) is 16.9 Å². The van der Waals surface area contributed by atoms with Crippen LogP contribution in [0.2, 0.25) is 0 Å². The minimum atomic E-state index is -0.292. The normalized spacial score (nSPS) is 11.9. The molecule has 0 spiro atoms. The van der Waals surface area contributed by atoms with Crippen LogP contribution in [0.5, 0.6) is 0 Å². The van der Waals surface area contributed by atoms with Gasteiger partial charge in [0.15, 0.2) is 5.76 Å². The van der Waals surface area contributed by atoms with E-state index in [0.29, 0.717) is 39.0 Å². The van der Waals surface area contributed by atoms with E-state index in [4.69, 9.17) is 9.40 Å². The number of furan rings is 1. The standard InChI is InChI=1S/C31H27N3O2S/c1-5-18(2)21-11-13-22(14-12-21)29-20(4)37-31(25(29)17-32)34-30(35)24-16-27(28-15-10-19(3)36-28)33-26-9-7-6-8-23(24)26/h6-16,18H,5H2,1-4H3,(H,34,35)/t18-/m0/s1. The van der Waals surface area contributed by atoms with E-state index < -0.39 is 0 Å². The van der Waals surface area contributed by atoms with Crippen molar-refractivity contribution in [2.75, 3.05) is 5.32 Å². The van der Waals surface area contributed by atoms with Crippen LogP contribution >= 0.6 is 11.3 Å². The second-order valence-corrected chi connectivity index (χ2v) is 10.4. The largest absolute Gasteiger partial charge is 0.460 e. The number of carbonyl (C=O) groups excluding carboxylic acids is 1. The lowest BCUT2D eigenvalue weighted by Crippen LogP contribution is -2.13. The Bertz CT molecular complexity index is 1650. The fourth-order valence-corrected chi connectivity index (χ4v) is 5.55. The third kappa shape index (κ3) is 4.66. The number of thiophene rings is 1. The quantitative estimate of drug-likeness (QED) is 0.251. The number of nitrogens with zero attached hydrogens (tertiary/aromatic N) is 2. The van der Waals surface area contributed by atoms with Gasteiger partial charge in [-0.2, -0.15) is 5.26 Å². The molecule has 0 fully saturated rings. The first-order valence-electron chi connectivity index (χ1n) is 12.3. The van der Waals surface area contributed by atoms with Crippen molar-refractivity contribution < 1.29 is 9.21 Å². The van der Waals surface area contributed by atoms with E-state index in [2.05, 4.69) is 49.5 Å². The molecule has 1 atom stereocenters. The van der Waals surface area contributed by atoms with Crippen LogP contribution < -0.4 is 5.32 Å². The number of nitriles is 1. The molecule has 3 aromatic heterocycles. The topological polar surface area (TPSA) is 78.9 Å². The van der Waals surface area contributed by atoms with E-state index in [1.807, 2.05) is 50.2 Å². The van der Waals surface area contributed by atoms with E-state index in [-0.39, 0.29) is 5.91 Å². The minimum absolute atomic E-state index is 0.292. The fraction of sp³-hybridized carbons (Fsp3) is 0.194. The summed E-state index contributed by atoms with van der Waals surface area (Å²) in [4.78, 5) is 19.3. The van der Waals surface area contributed by atoms with Gasteiger partial charge in [-0.05, 0) is 61.6 Å². The molecular weight excluding hydrogens is 478 g/mol. The summed E-state index contributed by atoms with van der Waals surface area (Å²) in [6.45, 7) is 8.24. The van der Waals surface area contributed by atoms with Gasteiger partial charge in [-0.15, -0.1) is 11.3 Å². The van der Waals surface area contributed by atoms with Gasteiger partial charge in [0, 0.05) is 15.8 Å². The molecule has 0 aliphatic carbocycles. The summed E-state index contributed by atoms with van der Waals surface area (Å²) in [5.74, 6) is 1.56. The zero-order chi connectivity index (χ0) is 26.1. The van der Waals surface area contributed by atoms with Crippen LogP contribution in [0.1, 0.15) is 58.3 Å². The Labute approximate surface area is 220 Å². The Kier molecular flexibility index (Phi) is 6.64. The Balaban J connectivity index is 1.53. The summed E-state index contributed by atoms with van der Waals surface area (Å²) in [6.07, 6.45) is 1.07. The molecule has 0 aliphatic rings. The average molecular weight is 506 g/mol. The van der Waals surface area contributed by atoms with Crippen molar-refractivity contribution in [2.24, 2.45) is 0 Å². The predicted molar refractivity (Wildman–Crippen MR) is 150 cm³/mol. The van der Waals surface area contributed by atoms with Gasteiger partial charge in [-0.3, -0.25) is 4.79 Å². The number of hydrogen-bond acceptors (Lipinski definition) is 5. The van der Waals surface area contributed by atoms with E-state index in [0.717, 1.165) is 33.6 Å². The lowest BCUT2D eigenvalue weighted by Gasteiger charge is -2.10. The van der Waals surface area contributed by atoms with Crippen LogP contribution in [-0.2, 0) is 0 Å². The maximum absolute atomic E-state index is 13.6. The molecule has 184 valence electrons. The fourth-order valence-electron chi connectivity index (χ4n) is 4.53. The number of pyridine rings is 1. The van der Waals surface area contributed by atoms with Gasteiger partial charge in [-0.1, -0.05) is 56.3 Å². The van der Waals surface area contributed by atoms with Crippen LogP contribution in [-0.4, -0.2) is 10.9 Å². The Morgan fingerprint density at radius 1 is 1.11 bits per heavy atom. The second kappa shape index (κ2) is 10.0. The highest BCUT2D eigenvalue weighted by molar-refractivity contribution is 7.17. The summed E-state index contributed by atoms with van der Waals surface area (Å²) >= 11 is 1.42. The minimum Gasteiger partial charge on any atom is -0.460 e. The highest BCUT2D eigenvalue weighted by Crippen LogP contribution is 2.40. The molecule has 0 bridgehead atoms. The molecule has 5 rings (SSSR count). The molecule has 37 heavy (non-hydrogen) atoms. The first-order valence-corrected chi connectivity index (χ1v) is 13.1. The van der Waals surface area contributed by atoms with Crippen molar-refractivity contribution in [3.05, 3.63) is 94.1 Å². The van der Waals surface area contributed by atoms with Gasteiger partial charge in [0.25, 0.3) is 5.91 Å². The number of aryl methyl sites for hydroxylation is 2. The lowest BCUT2D eigenvalue weighted by molar-refractivity contribution is 0.102. The molecule has 5 nitrogen and oxygen atoms in total. The van der Waals surface area contributed by atoms with Crippen LogP contribution in [0.25, 0.3) is 33.5 Å². The highest BCUT2D eigenvalue weighted by Gasteiger charge is 2.22. The third-order valence-electron chi connectivity index (χ3n) is 6.76. The Morgan fingerprint density at radius 2 is 1.86 bits per heavy atom. The van der Waals surface area contributed by atoms with Crippen molar-refractivity contribution in [1.29, 1.82) is 5.26 Å². The molecular formula is C31H27N3O2S. The number of hydrogen-bond donors (Lipinski definition) is 1. The number of rotatable bonds is 6. The SMILES string of the molecule is CC[C@H](C)c1ccc(-c2c(C)sc(NC(=O)c3cc(-c4ccc(C)o4)nc4ccccc34)c2C#N)cc1.